The molecule has 0 bridgehead atoms. The van der Waals surface area contributed by atoms with Crippen LogP contribution in [0.3, 0.4) is 0 Å². The van der Waals surface area contributed by atoms with Gasteiger partial charge < -0.3 is 42.3 Å². The predicted octanol–water partition coefficient (Wildman–Crippen LogP) is 0.730. The lowest BCUT2D eigenvalue weighted by atomic mass is 10.3. The third-order valence-electron chi connectivity index (χ3n) is 3.38. The van der Waals surface area contributed by atoms with Crippen LogP contribution in [0.5, 0.6) is 11.5 Å². The number of aliphatic hydroxyl groups excluding tert-OH is 1. The number of carboxylic acids is 1. The van der Waals surface area contributed by atoms with E-state index >= 15 is 0 Å². The Balaban J connectivity index is 0. The average molecular weight is 468 g/mol. The maximum atomic E-state index is 10.4. The lowest BCUT2D eigenvalue weighted by Crippen LogP contribution is -2.12. The second-order valence-electron chi connectivity index (χ2n) is 5.80. The van der Waals surface area contributed by atoms with E-state index in [0.717, 1.165) is 0 Å². The number of nitrogen functional groups attached to an aromatic ring is 1. The van der Waals surface area contributed by atoms with E-state index in [2.05, 4.69) is 0 Å². The quantitative estimate of drug-likeness (QED) is 0.0953. The molecule has 0 aromatic heterocycles. The van der Waals surface area contributed by atoms with Crippen LogP contribution in [-0.4, -0.2) is 75.8 Å². The van der Waals surface area contributed by atoms with E-state index in [1.807, 2.05) is 0 Å². The first-order valence-electron chi connectivity index (χ1n) is 9.26. The molecule has 0 atom stereocenters. The molecule has 0 unspecified atom stereocenters. The number of non-ortho nitro benzene ring substituents is 1. The first-order valence-corrected chi connectivity index (χ1v) is 9.26. The standard InChI is InChI=1S/C10H13NO5.C10H13NO4.CH3.BH4/c12-5-6-15-7-8-16-10-3-1-9(2-4-10)11(13)14;11-8-1-3-9(4-2-8)15-6-5-14-7-10(12)13;;/h1-4,12H,5-8H2;1-4H,5-7,11H2,(H,12,13);1H3;1H4/q;;2*-1. The van der Waals surface area contributed by atoms with Crippen molar-refractivity contribution in [2.45, 2.75) is 0 Å². The number of rotatable bonds is 13. The molecule has 0 aliphatic heterocycles. The predicted molar refractivity (Wildman–Crippen MR) is 129 cm³/mol. The van der Waals surface area contributed by atoms with Gasteiger partial charge in [0.1, 0.15) is 31.3 Å². The lowest BCUT2D eigenvalue weighted by Gasteiger charge is -2.05. The number of aliphatic carboxylic acids is 1. The molecule has 0 aliphatic rings. The summed E-state index contributed by atoms with van der Waals surface area (Å²) in [6, 6.07) is 12.8. The highest BCUT2D eigenvalue weighted by Gasteiger charge is 2.04. The van der Waals surface area contributed by atoms with Crippen LogP contribution in [0.1, 0.15) is 0 Å². The Labute approximate surface area is 194 Å². The van der Waals surface area contributed by atoms with E-state index in [4.69, 9.17) is 34.9 Å². The summed E-state index contributed by atoms with van der Waals surface area (Å²) in [4.78, 5) is 20.0. The molecular weight excluding hydrogens is 435 g/mol. The minimum atomic E-state index is -0.984. The zero-order chi connectivity index (χ0) is 22.9. The SMILES string of the molecule is Nc1ccc(OCCOCC(=O)O)cc1.O=[N+]([O-])c1ccc(OCCOCCO)cc1.[BH4-].[CH3-]. The summed E-state index contributed by atoms with van der Waals surface area (Å²) < 4.78 is 20.3. The minimum absolute atomic E-state index is 0. The van der Waals surface area contributed by atoms with E-state index in [1.165, 1.54) is 24.3 Å². The highest BCUT2D eigenvalue weighted by atomic mass is 16.6. The van der Waals surface area contributed by atoms with E-state index < -0.39 is 10.9 Å². The molecule has 12 heteroatoms. The van der Waals surface area contributed by atoms with Gasteiger partial charge in [-0.1, -0.05) is 8.41 Å². The molecular formula is C21H33BN2O9-2. The third kappa shape index (κ3) is 16.0. The molecule has 2 aromatic carbocycles. The highest BCUT2D eigenvalue weighted by Crippen LogP contribution is 2.17. The van der Waals surface area contributed by atoms with Crippen molar-refractivity contribution in [2.75, 3.05) is 52.0 Å². The lowest BCUT2D eigenvalue weighted by molar-refractivity contribution is -0.384. The van der Waals surface area contributed by atoms with Crippen LogP contribution in [0.25, 0.3) is 0 Å². The number of nitro groups is 1. The number of ether oxygens (including phenoxy) is 4. The Bertz CT molecular complexity index is 774. The summed E-state index contributed by atoms with van der Waals surface area (Å²) in [6.07, 6.45) is 0. The molecule has 0 amide bonds. The topological polar surface area (TPSA) is 164 Å². The Morgan fingerprint density at radius 2 is 1.36 bits per heavy atom. The van der Waals surface area contributed by atoms with Gasteiger partial charge in [-0.05, 0) is 36.4 Å². The molecule has 4 N–H and O–H groups in total. The number of carbonyl (C=O) groups is 1. The minimum Gasteiger partial charge on any atom is -0.491 e. The summed E-state index contributed by atoms with van der Waals surface area (Å²) in [7, 11) is 0. The smallest absolute Gasteiger partial charge is 0.329 e. The van der Waals surface area contributed by atoms with Gasteiger partial charge in [-0.25, -0.2) is 4.79 Å². The molecule has 2 rings (SSSR count). The zero-order valence-electron chi connectivity index (χ0n) is 17.8. The monoisotopic (exact) mass is 468 g/mol. The van der Waals surface area contributed by atoms with E-state index in [-0.39, 0.29) is 48.0 Å². The van der Waals surface area contributed by atoms with Crippen LogP contribution in [-0.2, 0) is 14.3 Å². The molecule has 11 nitrogen and oxygen atoms in total. The van der Waals surface area contributed by atoms with Gasteiger partial charge in [0.15, 0.2) is 0 Å². The fraction of sp³-hybridized carbons (Fsp3) is 0.333. The number of anilines is 1. The molecule has 2 aromatic rings. The number of hydrogen-bond donors (Lipinski definition) is 3. The number of hydrogen-bond acceptors (Lipinski definition) is 9. The van der Waals surface area contributed by atoms with Crippen LogP contribution in [0.4, 0.5) is 11.4 Å². The summed E-state index contributed by atoms with van der Waals surface area (Å²) >= 11 is 0. The second-order valence-corrected chi connectivity index (χ2v) is 5.80. The highest BCUT2D eigenvalue weighted by molar-refractivity contribution is 5.75. The first kappa shape index (κ1) is 31.8. The summed E-state index contributed by atoms with van der Waals surface area (Å²) in [5.41, 5.74) is 6.19. The van der Waals surface area contributed by atoms with Gasteiger partial charge in [0.05, 0.1) is 31.4 Å². The molecule has 0 saturated carbocycles. The average Bonchev–Trinajstić information content (AvgIpc) is 2.75. The van der Waals surface area contributed by atoms with Gasteiger partial charge in [-0.15, -0.1) is 0 Å². The maximum Gasteiger partial charge on any atom is 0.329 e. The van der Waals surface area contributed by atoms with Crippen LogP contribution < -0.4 is 15.2 Å². The zero-order valence-corrected chi connectivity index (χ0v) is 17.8. The molecule has 186 valence electrons. The van der Waals surface area contributed by atoms with Gasteiger partial charge in [-0.3, -0.25) is 10.1 Å². The molecule has 0 radical (unpaired) electrons. The molecule has 0 spiro atoms. The van der Waals surface area contributed by atoms with Gasteiger partial charge in [-0.2, -0.15) is 0 Å². The number of nitrogens with two attached hydrogens (primary N) is 1. The van der Waals surface area contributed by atoms with Crippen molar-refractivity contribution < 1.29 is 38.9 Å². The summed E-state index contributed by atoms with van der Waals surface area (Å²) in [5, 5.41) is 27.1. The van der Waals surface area contributed by atoms with Crippen LogP contribution in [0.2, 0.25) is 0 Å². The Morgan fingerprint density at radius 3 is 1.82 bits per heavy atom. The van der Waals surface area contributed by atoms with E-state index in [1.54, 1.807) is 24.3 Å². The molecule has 33 heavy (non-hydrogen) atoms. The molecule has 0 aliphatic carbocycles. The van der Waals surface area contributed by atoms with Gasteiger partial charge in [0, 0.05) is 17.8 Å². The van der Waals surface area contributed by atoms with Gasteiger partial charge >= 0.3 is 5.97 Å². The Kier molecular flexibility index (Phi) is 18.7. The second kappa shape index (κ2) is 19.3. The van der Waals surface area contributed by atoms with E-state index in [0.29, 0.717) is 37.0 Å². The number of carboxylic acid groups (broad SMARTS) is 1. The summed E-state index contributed by atoms with van der Waals surface area (Å²) in [6.45, 7) is 1.25. The number of benzene rings is 2. The van der Waals surface area contributed by atoms with Gasteiger partial charge in [0.2, 0.25) is 0 Å². The van der Waals surface area contributed by atoms with Crippen LogP contribution >= 0.6 is 0 Å². The number of aliphatic hydroxyl groups is 1. The normalized spacial score (nSPS) is 9.36. The first-order chi connectivity index (χ1) is 14.9. The van der Waals surface area contributed by atoms with Crippen molar-refractivity contribution in [3.05, 3.63) is 66.1 Å². The van der Waals surface area contributed by atoms with Crippen molar-refractivity contribution in [1.82, 2.24) is 0 Å². The van der Waals surface area contributed by atoms with Crippen molar-refractivity contribution in [1.29, 1.82) is 0 Å². The summed E-state index contributed by atoms with van der Waals surface area (Å²) in [5.74, 6) is 0.254. The van der Waals surface area contributed by atoms with Crippen molar-refractivity contribution in [2.24, 2.45) is 0 Å². The van der Waals surface area contributed by atoms with E-state index in [9.17, 15) is 14.9 Å². The number of nitrogens with zero attached hydrogens (tertiary/aromatic N) is 1. The molecule has 0 heterocycles. The van der Waals surface area contributed by atoms with Crippen LogP contribution in [0.15, 0.2) is 48.5 Å². The molecule has 0 saturated heterocycles. The largest absolute Gasteiger partial charge is 0.491 e. The molecule has 0 fully saturated rings. The number of nitro benzene ring substituents is 1. The van der Waals surface area contributed by atoms with Crippen molar-refractivity contribution in [3.63, 3.8) is 0 Å². The fourth-order valence-electron chi connectivity index (χ4n) is 1.99. The third-order valence-corrected chi connectivity index (χ3v) is 3.38. The Morgan fingerprint density at radius 1 is 0.879 bits per heavy atom. The van der Waals surface area contributed by atoms with Gasteiger partial charge in [0.25, 0.3) is 5.69 Å². The maximum absolute atomic E-state index is 10.4. The van der Waals surface area contributed by atoms with Crippen molar-refractivity contribution >= 4 is 25.8 Å². The fourth-order valence-corrected chi connectivity index (χ4v) is 1.99. The van der Waals surface area contributed by atoms with Crippen molar-refractivity contribution in [3.8, 4) is 11.5 Å². The van der Waals surface area contributed by atoms with Crippen LogP contribution in [0, 0.1) is 17.5 Å². The Hall–Kier alpha value is -3.35.